The molecule has 0 aromatic heterocycles. The average Bonchev–Trinajstić information content (AvgIpc) is 2.41. The second-order valence-corrected chi connectivity index (χ2v) is 5.83. The quantitative estimate of drug-likeness (QED) is 0.859. The van der Waals surface area contributed by atoms with Gasteiger partial charge in [0.2, 0.25) is 0 Å². The highest BCUT2D eigenvalue weighted by Gasteiger charge is 2.09. The smallest absolute Gasteiger partial charge is 0.0584 e. The van der Waals surface area contributed by atoms with Gasteiger partial charge in [-0.3, -0.25) is 0 Å². The van der Waals surface area contributed by atoms with E-state index >= 15 is 0 Å². The lowest BCUT2D eigenvalue weighted by Crippen LogP contribution is -2.12. The van der Waals surface area contributed by atoms with Crippen molar-refractivity contribution in [3.63, 3.8) is 0 Å². The Hall–Kier alpha value is -1.31. The van der Waals surface area contributed by atoms with Gasteiger partial charge in [-0.25, -0.2) is 0 Å². The summed E-state index contributed by atoms with van der Waals surface area (Å²) >= 11 is 6.20. The van der Waals surface area contributed by atoms with E-state index in [0.717, 1.165) is 29.0 Å². The maximum Gasteiger partial charge on any atom is 0.0584 e. The molecule has 20 heavy (non-hydrogen) atoms. The van der Waals surface area contributed by atoms with Crippen LogP contribution in [0.25, 0.3) is 0 Å². The molecule has 0 fully saturated rings. The van der Waals surface area contributed by atoms with E-state index in [1.807, 2.05) is 37.3 Å². The monoisotopic (exact) mass is 288 g/mol. The van der Waals surface area contributed by atoms with Crippen molar-refractivity contribution in [3.8, 4) is 0 Å². The molecule has 106 valence electrons. The van der Waals surface area contributed by atoms with E-state index in [1.54, 1.807) is 0 Å². The van der Waals surface area contributed by atoms with Gasteiger partial charge in [0, 0.05) is 5.02 Å². The summed E-state index contributed by atoms with van der Waals surface area (Å²) in [6, 6.07) is 14.3. The number of hydrogen-bond acceptors (Lipinski definition) is 1. The first-order valence-electron chi connectivity index (χ1n) is 7.04. The van der Waals surface area contributed by atoms with Crippen molar-refractivity contribution >= 4 is 11.6 Å². The summed E-state index contributed by atoms with van der Waals surface area (Å²) in [5.41, 5.74) is 4.76. The molecule has 1 N–H and O–H groups in total. The summed E-state index contributed by atoms with van der Waals surface area (Å²) in [7, 11) is 0. The van der Waals surface area contributed by atoms with Crippen LogP contribution in [0.1, 0.15) is 28.7 Å². The predicted octanol–water partition coefficient (Wildman–Crippen LogP) is 4.49. The molecule has 0 aliphatic carbocycles. The van der Waals surface area contributed by atoms with E-state index in [4.69, 9.17) is 11.6 Å². The lowest BCUT2D eigenvalue weighted by atomic mass is 9.98. The van der Waals surface area contributed by atoms with E-state index in [9.17, 15) is 5.11 Å². The fraction of sp³-hybridized carbons (Fsp3) is 0.333. The van der Waals surface area contributed by atoms with E-state index in [2.05, 4.69) is 19.1 Å². The molecule has 2 heteroatoms. The zero-order valence-corrected chi connectivity index (χ0v) is 12.8. The number of benzene rings is 2. The fourth-order valence-electron chi connectivity index (χ4n) is 2.39. The van der Waals surface area contributed by atoms with Gasteiger partial charge in [0.15, 0.2) is 0 Å². The van der Waals surface area contributed by atoms with Gasteiger partial charge in [0.05, 0.1) is 6.10 Å². The lowest BCUT2D eigenvalue weighted by molar-refractivity contribution is 0.165. The van der Waals surface area contributed by atoms with Gasteiger partial charge in [0.1, 0.15) is 0 Å². The Labute approximate surface area is 126 Å². The molecule has 1 atom stereocenters. The minimum absolute atomic E-state index is 0.352. The largest absolute Gasteiger partial charge is 0.393 e. The van der Waals surface area contributed by atoms with Gasteiger partial charge < -0.3 is 5.11 Å². The van der Waals surface area contributed by atoms with Crippen LogP contribution in [0.3, 0.4) is 0 Å². The molecule has 0 bridgehead atoms. The van der Waals surface area contributed by atoms with Gasteiger partial charge in [0.25, 0.3) is 0 Å². The zero-order chi connectivity index (χ0) is 14.5. The standard InChI is InChI=1S/C18H21ClO/c1-13-7-8-16(18(19)11-13)12-17(20)10-9-15-6-4-3-5-14(15)2/h3-8,11,17,20H,9-10,12H2,1-2H3. The third-order valence-electron chi connectivity index (χ3n) is 3.67. The number of hydrogen-bond donors (Lipinski definition) is 1. The molecule has 2 rings (SSSR count). The maximum absolute atomic E-state index is 10.2. The van der Waals surface area contributed by atoms with Crippen LogP contribution in [-0.2, 0) is 12.8 Å². The summed E-state index contributed by atoms with van der Waals surface area (Å²) < 4.78 is 0. The van der Waals surface area contributed by atoms with E-state index < -0.39 is 0 Å². The number of aryl methyl sites for hydroxylation is 3. The number of aliphatic hydroxyl groups is 1. The van der Waals surface area contributed by atoms with Gasteiger partial charge in [-0.2, -0.15) is 0 Å². The van der Waals surface area contributed by atoms with Crippen molar-refractivity contribution in [2.45, 2.75) is 39.2 Å². The first kappa shape index (κ1) is 15.1. The Morgan fingerprint density at radius 2 is 1.80 bits per heavy atom. The highest BCUT2D eigenvalue weighted by atomic mass is 35.5. The van der Waals surface area contributed by atoms with Crippen LogP contribution in [0.2, 0.25) is 5.02 Å². The Balaban J connectivity index is 1.92. The highest BCUT2D eigenvalue weighted by Crippen LogP contribution is 2.20. The van der Waals surface area contributed by atoms with Crippen molar-refractivity contribution in [2.75, 3.05) is 0 Å². The van der Waals surface area contributed by atoms with Crippen molar-refractivity contribution in [2.24, 2.45) is 0 Å². The molecular formula is C18H21ClO. The van der Waals surface area contributed by atoms with E-state index in [1.165, 1.54) is 11.1 Å². The van der Waals surface area contributed by atoms with Crippen LogP contribution in [-0.4, -0.2) is 11.2 Å². The first-order valence-corrected chi connectivity index (χ1v) is 7.41. The van der Waals surface area contributed by atoms with Crippen molar-refractivity contribution in [1.29, 1.82) is 0 Å². The molecule has 0 saturated heterocycles. The third kappa shape index (κ3) is 4.09. The first-order chi connectivity index (χ1) is 9.56. The van der Waals surface area contributed by atoms with Crippen LogP contribution in [0.4, 0.5) is 0 Å². The Morgan fingerprint density at radius 1 is 1.05 bits per heavy atom. The van der Waals surface area contributed by atoms with Crippen LogP contribution in [0.15, 0.2) is 42.5 Å². The predicted molar refractivity (Wildman–Crippen MR) is 85.4 cm³/mol. The number of aliphatic hydroxyl groups excluding tert-OH is 1. The van der Waals surface area contributed by atoms with Crippen LogP contribution in [0.5, 0.6) is 0 Å². The molecule has 0 heterocycles. The summed E-state index contributed by atoms with van der Waals surface area (Å²) in [4.78, 5) is 0. The molecule has 0 aliphatic heterocycles. The molecule has 0 radical (unpaired) electrons. The van der Waals surface area contributed by atoms with E-state index in [-0.39, 0.29) is 6.10 Å². The molecule has 2 aromatic carbocycles. The Bertz CT molecular complexity index is 577. The zero-order valence-electron chi connectivity index (χ0n) is 12.1. The third-order valence-corrected chi connectivity index (χ3v) is 4.02. The van der Waals surface area contributed by atoms with Crippen LogP contribution < -0.4 is 0 Å². The molecule has 1 unspecified atom stereocenters. The van der Waals surface area contributed by atoms with Gasteiger partial charge in [-0.15, -0.1) is 0 Å². The molecule has 1 nitrogen and oxygen atoms in total. The minimum Gasteiger partial charge on any atom is -0.393 e. The Kier molecular flexibility index (Phi) is 5.22. The van der Waals surface area contributed by atoms with Gasteiger partial charge >= 0.3 is 0 Å². The summed E-state index contributed by atoms with van der Waals surface area (Å²) in [5.74, 6) is 0. The molecule has 0 amide bonds. The molecular weight excluding hydrogens is 268 g/mol. The van der Waals surface area contributed by atoms with Crippen LogP contribution in [0, 0.1) is 13.8 Å². The molecule has 2 aromatic rings. The van der Waals surface area contributed by atoms with Crippen molar-refractivity contribution in [1.82, 2.24) is 0 Å². The van der Waals surface area contributed by atoms with Crippen molar-refractivity contribution in [3.05, 3.63) is 69.7 Å². The second kappa shape index (κ2) is 6.92. The topological polar surface area (TPSA) is 20.2 Å². The molecule has 0 aliphatic rings. The summed E-state index contributed by atoms with van der Waals surface area (Å²) in [6.45, 7) is 4.13. The average molecular weight is 289 g/mol. The minimum atomic E-state index is -0.352. The normalized spacial score (nSPS) is 12.4. The SMILES string of the molecule is Cc1ccc(CC(O)CCc2ccccc2C)c(Cl)c1. The molecule has 0 saturated carbocycles. The fourth-order valence-corrected chi connectivity index (χ4v) is 2.70. The number of rotatable bonds is 5. The highest BCUT2D eigenvalue weighted by molar-refractivity contribution is 6.31. The maximum atomic E-state index is 10.2. The summed E-state index contributed by atoms with van der Waals surface area (Å²) in [6.07, 6.45) is 1.92. The Morgan fingerprint density at radius 3 is 2.50 bits per heavy atom. The number of halogens is 1. The van der Waals surface area contributed by atoms with Gasteiger partial charge in [-0.1, -0.05) is 48.0 Å². The van der Waals surface area contributed by atoms with Crippen LogP contribution >= 0.6 is 11.6 Å². The molecule has 0 spiro atoms. The van der Waals surface area contributed by atoms with Gasteiger partial charge in [-0.05, 0) is 61.4 Å². The summed E-state index contributed by atoms with van der Waals surface area (Å²) in [5, 5.41) is 10.9. The second-order valence-electron chi connectivity index (χ2n) is 5.42. The van der Waals surface area contributed by atoms with E-state index in [0.29, 0.717) is 6.42 Å². The lowest BCUT2D eigenvalue weighted by Gasteiger charge is -2.13. The van der Waals surface area contributed by atoms with Crippen molar-refractivity contribution < 1.29 is 5.11 Å².